The van der Waals surface area contributed by atoms with Crippen molar-refractivity contribution in [3.05, 3.63) is 0 Å². The fraction of sp³-hybridized carbons (Fsp3) is 0.818. The van der Waals surface area contributed by atoms with E-state index in [9.17, 15) is 9.59 Å². The molecule has 0 heterocycles. The SMILES string of the molecule is CNCCCNC(=O)CNC(=O)C(C)(C)C. The molecular weight excluding hydrogens is 206 g/mol. The number of nitrogens with one attached hydrogen (secondary N) is 3. The first-order valence-electron chi connectivity index (χ1n) is 5.57. The first kappa shape index (κ1) is 14.9. The second-order valence-electron chi connectivity index (χ2n) is 4.74. The van der Waals surface area contributed by atoms with Gasteiger partial charge in [-0.2, -0.15) is 0 Å². The van der Waals surface area contributed by atoms with Gasteiger partial charge in [0.1, 0.15) is 0 Å². The van der Waals surface area contributed by atoms with E-state index in [4.69, 9.17) is 0 Å². The maximum Gasteiger partial charge on any atom is 0.239 e. The van der Waals surface area contributed by atoms with Crippen molar-refractivity contribution in [3.8, 4) is 0 Å². The Morgan fingerprint density at radius 3 is 2.19 bits per heavy atom. The molecule has 0 aliphatic carbocycles. The normalized spacial score (nSPS) is 11.0. The second-order valence-corrected chi connectivity index (χ2v) is 4.74. The zero-order valence-corrected chi connectivity index (χ0v) is 10.6. The molecule has 0 rings (SSSR count). The van der Waals surface area contributed by atoms with Gasteiger partial charge in [-0.3, -0.25) is 9.59 Å². The number of carbonyl (C=O) groups excluding carboxylic acids is 2. The highest BCUT2D eigenvalue weighted by Gasteiger charge is 2.21. The summed E-state index contributed by atoms with van der Waals surface area (Å²) < 4.78 is 0. The van der Waals surface area contributed by atoms with Crippen LogP contribution in [0.5, 0.6) is 0 Å². The second kappa shape index (κ2) is 7.22. The lowest BCUT2D eigenvalue weighted by molar-refractivity contribution is -0.131. The molecule has 94 valence electrons. The summed E-state index contributed by atoms with van der Waals surface area (Å²) in [7, 11) is 1.87. The third kappa shape index (κ3) is 7.23. The minimum Gasteiger partial charge on any atom is -0.355 e. The van der Waals surface area contributed by atoms with Gasteiger partial charge < -0.3 is 16.0 Å². The van der Waals surface area contributed by atoms with E-state index in [2.05, 4.69) is 16.0 Å². The van der Waals surface area contributed by atoms with Crippen LogP contribution in [0.1, 0.15) is 27.2 Å². The molecule has 0 aliphatic rings. The first-order chi connectivity index (χ1) is 7.38. The van der Waals surface area contributed by atoms with Gasteiger partial charge in [0, 0.05) is 12.0 Å². The molecule has 0 saturated heterocycles. The van der Waals surface area contributed by atoms with E-state index in [-0.39, 0.29) is 18.4 Å². The molecular formula is C11H23N3O2. The van der Waals surface area contributed by atoms with Crippen molar-refractivity contribution >= 4 is 11.8 Å². The van der Waals surface area contributed by atoms with Gasteiger partial charge in [0.15, 0.2) is 0 Å². The van der Waals surface area contributed by atoms with Gasteiger partial charge in [0.2, 0.25) is 11.8 Å². The Kier molecular flexibility index (Phi) is 6.72. The van der Waals surface area contributed by atoms with Crippen LogP contribution in [0.25, 0.3) is 0 Å². The Bertz CT molecular complexity index is 234. The Balaban J connectivity index is 3.62. The molecule has 0 aromatic rings. The van der Waals surface area contributed by atoms with Crippen LogP contribution in [-0.4, -0.2) is 38.5 Å². The predicted molar refractivity (Wildman–Crippen MR) is 64.0 cm³/mol. The highest BCUT2D eigenvalue weighted by molar-refractivity contribution is 5.87. The van der Waals surface area contributed by atoms with Crippen LogP contribution in [-0.2, 0) is 9.59 Å². The van der Waals surface area contributed by atoms with Gasteiger partial charge in [-0.1, -0.05) is 20.8 Å². The molecule has 0 spiro atoms. The molecule has 0 aromatic heterocycles. The van der Waals surface area contributed by atoms with E-state index < -0.39 is 5.41 Å². The summed E-state index contributed by atoms with van der Waals surface area (Å²) in [6, 6.07) is 0. The van der Waals surface area contributed by atoms with Crippen LogP contribution >= 0.6 is 0 Å². The minimum atomic E-state index is -0.452. The van der Waals surface area contributed by atoms with Crippen LogP contribution in [0, 0.1) is 5.41 Å². The van der Waals surface area contributed by atoms with E-state index >= 15 is 0 Å². The summed E-state index contributed by atoms with van der Waals surface area (Å²) in [6.07, 6.45) is 0.884. The number of carbonyl (C=O) groups is 2. The summed E-state index contributed by atoms with van der Waals surface area (Å²) >= 11 is 0. The van der Waals surface area contributed by atoms with E-state index in [0.29, 0.717) is 6.54 Å². The summed E-state index contributed by atoms with van der Waals surface area (Å²) in [4.78, 5) is 22.7. The molecule has 0 radical (unpaired) electrons. The van der Waals surface area contributed by atoms with Crippen molar-refractivity contribution in [2.75, 3.05) is 26.7 Å². The summed E-state index contributed by atoms with van der Waals surface area (Å²) in [6.45, 7) is 6.99. The zero-order valence-electron chi connectivity index (χ0n) is 10.6. The maximum absolute atomic E-state index is 11.4. The Morgan fingerprint density at radius 1 is 1.06 bits per heavy atom. The predicted octanol–water partition coefficient (Wildman–Crippen LogP) is -0.126. The summed E-state index contributed by atoms with van der Waals surface area (Å²) in [5.74, 6) is -0.258. The Labute approximate surface area is 97.4 Å². The van der Waals surface area contributed by atoms with Crippen molar-refractivity contribution in [3.63, 3.8) is 0 Å². The van der Waals surface area contributed by atoms with Gasteiger partial charge in [-0.05, 0) is 20.0 Å². The molecule has 0 atom stereocenters. The largest absolute Gasteiger partial charge is 0.355 e. The van der Waals surface area contributed by atoms with E-state index in [1.807, 2.05) is 27.8 Å². The van der Waals surface area contributed by atoms with Crippen molar-refractivity contribution in [2.24, 2.45) is 5.41 Å². The van der Waals surface area contributed by atoms with Gasteiger partial charge >= 0.3 is 0 Å². The van der Waals surface area contributed by atoms with E-state index in [1.165, 1.54) is 0 Å². The summed E-state index contributed by atoms with van der Waals surface area (Å²) in [5, 5.41) is 8.32. The monoisotopic (exact) mass is 229 g/mol. The molecule has 0 aromatic carbocycles. The standard InChI is InChI=1S/C11H23N3O2/c1-11(2,3)10(16)14-8-9(15)13-7-5-6-12-4/h12H,5-8H2,1-4H3,(H,13,15)(H,14,16). The lowest BCUT2D eigenvalue weighted by Crippen LogP contribution is -2.42. The molecule has 0 aliphatic heterocycles. The molecule has 2 amide bonds. The van der Waals surface area contributed by atoms with E-state index in [1.54, 1.807) is 0 Å². The average Bonchev–Trinajstić information content (AvgIpc) is 2.19. The number of rotatable bonds is 6. The van der Waals surface area contributed by atoms with Crippen molar-refractivity contribution in [1.82, 2.24) is 16.0 Å². The third-order valence-corrected chi connectivity index (χ3v) is 2.02. The van der Waals surface area contributed by atoms with Crippen LogP contribution in [0.2, 0.25) is 0 Å². The number of hydrogen-bond acceptors (Lipinski definition) is 3. The van der Waals surface area contributed by atoms with E-state index in [0.717, 1.165) is 13.0 Å². The first-order valence-corrected chi connectivity index (χ1v) is 5.57. The van der Waals surface area contributed by atoms with Crippen LogP contribution in [0.15, 0.2) is 0 Å². The third-order valence-electron chi connectivity index (χ3n) is 2.02. The lowest BCUT2D eigenvalue weighted by Gasteiger charge is -2.17. The Hall–Kier alpha value is -1.10. The molecule has 0 saturated carbocycles. The maximum atomic E-state index is 11.4. The highest BCUT2D eigenvalue weighted by Crippen LogP contribution is 2.11. The fourth-order valence-electron chi connectivity index (χ4n) is 0.981. The fourth-order valence-corrected chi connectivity index (χ4v) is 0.981. The molecule has 5 nitrogen and oxygen atoms in total. The quantitative estimate of drug-likeness (QED) is 0.556. The topological polar surface area (TPSA) is 70.2 Å². The van der Waals surface area contributed by atoms with Crippen molar-refractivity contribution in [1.29, 1.82) is 0 Å². The van der Waals surface area contributed by atoms with Gasteiger partial charge in [0.05, 0.1) is 6.54 Å². The Morgan fingerprint density at radius 2 is 1.69 bits per heavy atom. The van der Waals surface area contributed by atoms with Crippen molar-refractivity contribution < 1.29 is 9.59 Å². The molecule has 5 heteroatoms. The van der Waals surface area contributed by atoms with Crippen LogP contribution < -0.4 is 16.0 Å². The molecule has 0 fully saturated rings. The smallest absolute Gasteiger partial charge is 0.239 e. The molecule has 0 unspecified atom stereocenters. The molecule has 3 N–H and O–H groups in total. The van der Waals surface area contributed by atoms with Gasteiger partial charge in [-0.25, -0.2) is 0 Å². The van der Waals surface area contributed by atoms with Crippen LogP contribution in [0.3, 0.4) is 0 Å². The lowest BCUT2D eigenvalue weighted by atomic mass is 9.96. The number of amides is 2. The minimum absolute atomic E-state index is 0.0512. The van der Waals surface area contributed by atoms with Crippen molar-refractivity contribution in [2.45, 2.75) is 27.2 Å². The molecule has 0 bridgehead atoms. The van der Waals surface area contributed by atoms with Gasteiger partial charge in [-0.15, -0.1) is 0 Å². The average molecular weight is 229 g/mol. The highest BCUT2D eigenvalue weighted by atomic mass is 16.2. The summed E-state index contributed by atoms with van der Waals surface area (Å²) in [5.41, 5.74) is -0.452. The zero-order chi connectivity index (χ0) is 12.6. The number of hydrogen-bond donors (Lipinski definition) is 3. The van der Waals surface area contributed by atoms with Gasteiger partial charge in [0.25, 0.3) is 0 Å². The van der Waals surface area contributed by atoms with Crippen LogP contribution in [0.4, 0.5) is 0 Å². The molecule has 16 heavy (non-hydrogen) atoms.